The van der Waals surface area contributed by atoms with Crippen LogP contribution < -0.4 is 20.1 Å². The van der Waals surface area contributed by atoms with E-state index in [2.05, 4.69) is 10.6 Å². The van der Waals surface area contributed by atoms with Crippen LogP contribution in [0.2, 0.25) is 0 Å². The number of nitrogens with one attached hydrogen (secondary N) is 2. The minimum absolute atomic E-state index is 0.171. The van der Waals surface area contributed by atoms with Crippen LogP contribution in [-0.2, 0) is 4.79 Å². The molecular weight excluding hydrogens is 366 g/mol. The Morgan fingerprint density at radius 3 is 2.18 bits per heavy atom. The van der Waals surface area contributed by atoms with Gasteiger partial charge in [-0.3, -0.25) is 4.79 Å². The number of methoxy groups -OCH3 is 1. The first-order valence-corrected chi connectivity index (χ1v) is 8.43. The van der Waals surface area contributed by atoms with Crippen molar-refractivity contribution in [3.05, 3.63) is 78.4 Å². The van der Waals surface area contributed by atoms with E-state index in [1.807, 2.05) is 6.07 Å². The average Bonchev–Trinajstić information content (AvgIpc) is 2.71. The van der Waals surface area contributed by atoms with Gasteiger partial charge < -0.3 is 20.1 Å². The Morgan fingerprint density at radius 2 is 1.50 bits per heavy atom. The number of benzene rings is 3. The van der Waals surface area contributed by atoms with Gasteiger partial charge in [-0.15, -0.1) is 0 Å². The van der Waals surface area contributed by atoms with Crippen LogP contribution in [0.1, 0.15) is 0 Å². The Balaban J connectivity index is 1.54. The largest absolute Gasteiger partial charge is 0.493 e. The van der Waals surface area contributed by atoms with Crippen LogP contribution in [0.3, 0.4) is 0 Å². The second kappa shape index (κ2) is 8.85. The number of amides is 1. The summed E-state index contributed by atoms with van der Waals surface area (Å²) in [6.45, 7) is -0.171. The molecule has 0 aliphatic heterocycles. The topological polar surface area (TPSA) is 59.6 Å². The van der Waals surface area contributed by atoms with E-state index in [4.69, 9.17) is 9.47 Å². The van der Waals surface area contributed by atoms with Crippen molar-refractivity contribution in [2.24, 2.45) is 0 Å². The molecule has 3 rings (SSSR count). The summed E-state index contributed by atoms with van der Waals surface area (Å²) >= 11 is 0. The van der Waals surface area contributed by atoms with Gasteiger partial charge in [0.1, 0.15) is 0 Å². The van der Waals surface area contributed by atoms with Crippen molar-refractivity contribution in [3.8, 4) is 11.5 Å². The molecule has 2 N–H and O–H groups in total. The van der Waals surface area contributed by atoms with Crippen molar-refractivity contribution in [2.75, 3.05) is 24.4 Å². The summed E-state index contributed by atoms with van der Waals surface area (Å²) < 4.78 is 36.8. The molecule has 0 radical (unpaired) electrons. The van der Waals surface area contributed by atoms with E-state index in [1.54, 1.807) is 42.5 Å². The van der Waals surface area contributed by atoms with E-state index in [0.717, 1.165) is 12.1 Å². The number of hydrogen-bond donors (Lipinski definition) is 2. The predicted molar refractivity (Wildman–Crippen MR) is 103 cm³/mol. The van der Waals surface area contributed by atoms with Gasteiger partial charge in [0.25, 0.3) is 5.91 Å². The van der Waals surface area contributed by atoms with E-state index in [0.29, 0.717) is 28.6 Å². The van der Waals surface area contributed by atoms with Gasteiger partial charge in [0, 0.05) is 23.1 Å². The van der Waals surface area contributed by atoms with Crippen LogP contribution in [0.4, 0.5) is 25.8 Å². The average molecular weight is 384 g/mol. The molecule has 5 nitrogen and oxygen atoms in total. The van der Waals surface area contributed by atoms with Gasteiger partial charge in [0.15, 0.2) is 29.7 Å². The van der Waals surface area contributed by atoms with Crippen molar-refractivity contribution >= 4 is 23.0 Å². The van der Waals surface area contributed by atoms with E-state index in [-0.39, 0.29) is 12.5 Å². The van der Waals surface area contributed by atoms with Gasteiger partial charge in [-0.25, -0.2) is 8.78 Å². The summed E-state index contributed by atoms with van der Waals surface area (Å²) in [5, 5.41) is 5.67. The maximum Gasteiger partial charge on any atom is 0.262 e. The van der Waals surface area contributed by atoms with Crippen LogP contribution in [0.25, 0.3) is 0 Å². The molecule has 1 amide bonds. The van der Waals surface area contributed by atoms with Gasteiger partial charge in [0.2, 0.25) is 0 Å². The SMILES string of the molecule is COc1ccccc1OCC(=O)Nc1ccc(Nc2ccc(F)c(F)c2)cc1. The molecule has 0 unspecified atom stereocenters. The molecule has 0 saturated carbocycles. The first-order chi connectivity index (χ1) is 13.5. The second-order valence-electron chi connectivity index (χ2n) is 5.82. The van der Waals surface area contributed by atoms with Gasteiger partial charge in [-0.2, -0.15) is 0 Å². The van der Waals surface area contributed by atoms with Crippen LogP contribution in [-0.4, -0.2) is 19.6 Å². The third-order valence-corrected chi connectivity index (χ3v) is 3.80. The zero-order valence-corrected chi connectivity index (χ0v) is 15.0. The molecule has 7 heteroatoms. The maximum absolute atomic E-state index is 13.3. The van der Waals surface area contributed by atoms with Crippen molar-refractivity contribution in [1.82, 2.24) is 0 Å². The van der Waals surface area contributed by atoms with Crippen molar-refractivity contribution < 1.29 is 23.0 Å². The monoisotopic (exact) mass is 384 g/mol. The number of anilines is 3. The molecule has 0 spiro atoms. The van der Waals surface area contributed by atoms with Crippen molar-refractivity contribution in [1.29, 1.82) is 0 Å². The summed E-state index contributed by atoms with van der Waals surface area (Å²) in [4.78, 5) is 12.1. The highest BCUT2D eigenvalue weighted by atomic mass is 19.2. The number of carbonyl (C=O) groups is 1. The van der Waals surface area contributed by atoms with E-state index in [1.165, 1.54) is 13.2 Å². The molecule has 28 heavy (non-hydrogen) atoms. The Morgan fingerprint density at radius 1 is 0.857 bits per heavy atom. The lowest BCUT2D eigenvalue weighted by atomic mass is 10.2. The lowest BCUT2D eigenvalue weighted by Gasteiger charge is -2.11. The Hall–Kier alpha value is -3.61. The first-order valence-electron chi connectivity index (χ1n) is 8.43. The molecule has 0 fully saturated rings. The van der Waals surface area contributed by atoms with Crippen LogP contribution >= 0.6 is 0 Å². The van der Waals surface area contributed by atoms with Crippen LogP contribution in [0, 0.1) is 11.6 Å². The summed E-state index contributed by atoms with van der Waals surface area (Å²) in [7, 11) is 1.53. The smallest absolute Gasteiger partial charge is 0.262 e. The van der Waals surface area contributed by atoms with Gasteiger partial charge in [0.05, 0.1) is 7.11 Å². The van der Waals surface area contributed by atoms with E-state index >= 15 is 0 Å². The third-order valence-electron chi connectivity index (χ3n) is 3.80. The standard InChI is InChI=1S/C21H18F2N2O3/c1-27-19-4-2-3-5-20(19)28-13-21(26)25-15-8-6-14(7-9-15)24-16-10-11-17(22)18(23)12-16/h2-12,24H,13H2,1H3,(H,25,26). The number of carbonyl (C=O) groups excluding carboxylic acids is 1. The van der Waals surface area contributed by atoms with Gasteiger partial charge in [-0.1, -0.05) is 12.1 Å². The molecule has 0 heterocycles. The fourth-order valence-electron chi connectivity index (χ4n) is 2.46. The second-order valence-corrected chi connectivity index (χ2v) is 5.82. The maximum atomic E-state index is 13.3. The lowest BCUT2D eigenvalue weighted by Crippen LogP contribution is -2.20. The predicted octanol–water partition coefficient (Wildman–Crippen LogP) is 4.73. The molecule has 0 aliphatic rings. The minimum Gasteiger partial charge on any atom is -0.493 e. The van der Waals surface area contributed by atoms with Gasteiger partial charge in [-0.05, 0) is 48.5 Å². The highest BCUT2D eigenvalue weighted by Gasteiger charge is 2.08. The summed E-state index contributed by atoms with van der Waals surface area (Å²) in [5.41, 5.74) is 1.65. The van der Waals surface area contributed by atoms with Crippen molar-refractivity contribution in [3.63, 3.8) is 0 Å². The number of para-hydroxylation sites is 2. The fraction of sp³-hybridized carbons (Fsp3) is 0.0952. The lowest BCUT2D eigenvalue weighted by molar-refractivity contribution is -0.118. The molecule has 0 aliphatic carbocycles. The van der Waals surface area contributed by atoms with Gasteiger partial charge >= 0.3 is 0 Å². The molecule has 0 aromatic heterocycles. The van der Waals surface area contributed by atoms with Crippen molar-refractivity contribution in [2.45, 2.75) is 0 Å². The molecule has 3 aromatic rings. The molecular formula is C21H18F2N2O3. The normalized spacial score (nSPS) is 10.2. The molecule has 0 saturated heterocycles. The van der Waals surface area contributed by atoms with E-state index < -0.39 is 11.6 Å². The minimum atomic E-state index is -0.927. The Bertz CT molecular complexity index is 962. The number of hydrogen-bond acceptors (Lipinski definition) is 4. The number of halogens is 2. The zero-order chi connectivity index (χ0) is 19.9. The molecule has 0 atom stereocenters. The zero-order valence-electron chi connectivity index (χ0n) is 15.0. The van der Waals surface area contributed by atoms with Crippen LogP contribution in [0.15, 0.2) is 66.7 Å². The summed E-state index contributed by atoms with van der Waals surface area (Å²) in [6, 6.07) is 17.4. The molecule has 0 bridgehead atoms. The highest BCUT2D eigenvalue weighted by Crippen LogP contribution is 2.25. The third kappa shape index (κ3) is 4.97. The quantitative estimate of drug-likeness (QED) is 0.618. The Labute approximate surface area is 160 Å². The van der Waals surface area contributed by atoms with Crippen LogP contribution in [0.5, 0.6) is 11.5 Å². The number of rotatable bonds is 7. The van der Waals surface area contributed by atoms with E-state index in [9.17, 15) is 13.6 Å². The molecule has 3 aromatic carbocycles. The summed E-state index contributed by atoms with van der Waals surface area (Å²) in [6.07, 6.45) is 0. The summed E-state index contributed by atoms with van der Waals surface area (Å²) in [5.74, 6) is -1.13. The Kier molecular flexibility index (Phi) is 6.06. The molecule has 144 valence electrons. The highest BCUT2D eigenvalue weighted by molar-refractivity contribution is 5.92. The number of ether oxygens (including phenoxy) is 2. The fourth-order valence-corrected chi connectivity index (χ4v) is 2.46. The first kappa shape index (κ1) is 19.2.